The Balaban J connectivity index is 2.06. The average molecular weight is 405 g/mol. The van der Waals surface area contributed by atoms with Crippen LogP contribution in [0.2, 0.25) is 25.7 Å². The van der Waals surface area contributed by atoms with E-state index >= 15 is 0 Å². The van der Waals surface area contributed by atoms with Crippen LogP contribution in [-0.2, 0) is 11.5 Å². The maximum atomic E-state index is 5.81. The SMILES string of the molecule is C[Si](C)(C)CCOCn1ccc2cc(Br)cc(Br)c21. The molecule has 2 nitrogen and oxygen atoms in total. The number of benzene rings is 1. The Kier molecular flexibility index (Phi) is 4.92. The van der Waals surface area contributed by atoms with Gasteiger partial charge in [0.2, 0.25) is 0 Å². The van der Waals surface area contributed by atoms with E-state index in [2.05, 4.69) is 80.5 Å². The van der Waals surface area contributed by atoms with Crippen LogP contribution in [0.1, 0.15) is 0 Å². The number of rotatable bonds is 5. The summed E-state index contributed by atoms with van der Waals surface area (Å²) >= 11 is 7.13. The maximum absolute atomic E-state index is 5.81. The first-order chi connectivity index (χ1) is 8.87. The van der Waals surface area contributed by atoms with Gasteiger partial charge in [-0.3, -0.25) is 0 Å². The Morgan fingerprint density at radius 3 is 2.63 bits per heavy atom. The van der Waals surface area contributed by atoms with Crippen LogP contribution in [0.3, 0.4) is 0 Å². The van der Waals surface area contributed by atoms with E-state index in [9.17, 15) is 0 Å². The minimum absolute atomic E-state index is 0.619. The van der Waals surface area contributed by atoms with Crippen LogP contribution < -0.4 is 0 Å². The standard InChI is InChI=1S/C14H19Br2NOSi/c1-19(2,3)7-6-18-10-17-5-4-11-8-12(15)9-13(16)14(11)17/h4-5,8-9H,6-7,10H2,1-3H3. The Labute approximate surface area is 132 Å². The van der Waals surface area contributed by atoms with Gasteiger partial charge in [0.25, 0.3) is 0 Å². The van der Waals surface area contributed by atoms with Gasteiger partial charge in [0.15, 0.2) is 0 Å². The summed E-state index contributed by atoms with van der Waals surface area (Å²) in [6, 6.07) is 7.52. The fourth-order valence-electron chi connectivity index (χ4n) is 1.91. The largest absolute Gasteiger partial charge is 0.361 e. The summed E-state index contributed by atoms with van der Waals surface area (Å²) in [6.45, 7) is 8.58. The molecule has 1 aromatic carbocycles. The minimum Gasteiger partial charge on any atom is -0.361 e. The van der Waals surface area contributed by atoms with Crippen molar-refractivity contribution in [3.05, 3.63) is 33.3 Å². The molecule has 0 radical (unpaired) electrons. The van der Waals surface area contributed by atoms with Gasteiger partial charge < -0.3 is 9.30 Å². The van der Waals surface area contributed by atoms with E-state index in [1.54, 1.807) is 0 Å². The lowest BCUT2D eigenvalue weighted by Crippen LogP contribution is -2.21. The molecule has 1 heterocycles. The lowest BCUT2D eigenvalue weighted by molar-refractivity contribution is 0.0902. The highest BCUT2D eigenvalue weighted by Gasteiger charge is 2.12. The molecule has 2 aromatic rings. The number of hydrogen-bond donors (Lipinski definition) is 0. The topological polar surface area (TPSA) is 14.2 Å². The van der Waals surface area contributed by atoms with Gasteiger partial charge in [0, 0.05) is 35.2 Å². The zero-order chi connectivity index (χ0) is 14.0. The highest BCUT2D eigenvalue weighted by molar-refractivity contribution is 9.11. The number of nitrogens with zero attached hydrogens (tertiary/aromatic N) is 1. The molecule has 19 heavy (non-hydrogen) atoms. The highest BCUT2D eigenvalue weighted by atomic mass is 79.9. The van der Waals surface area contributed by atoms with Crippen molar-refractivity contribution >= 4 is 50.8 Å². The summed E-state index contributed by atoms with van der Waals surface area (Å²) in [5.41, 5.74) is 1.19. The zero-order valence-electron chi connectivity index (χ0n) is 11.5. The summed E-state index contributed by atoms with van der Waals surface area (Å²) in [5, 5.41) is 1.22. The van der Waals surface area contributed by atoms with Crippen molar-refractivity contribution < 1.29 is 4.74 Å². The molecule has 0 N–H and O–H groups in total. The summed E-state index contributed by atoms with van der Waals surface area (Å²) in [5.74, 6) is 0. The van der Waals surface area contributed by atoms with Gasteiger partial charge in [0.1, 0.15) is 6.73 Å². The van der Waals surface area contributed by atoms with Crippen LogP contribution in [0.25, 0.3) is 10.9 Å². The van der Waals surface area contributed by atoms with Gasteiger partial charge in [-0.25, -0.2) is 0 Å². The van der Waals surface area contributed by atoms with Crippen LogP contribution in [0.5, 0.6) is 0 Å². The van der Waals surface area contributed by atoms with E-state index < -0.39 is 8.07 Å². The first-order valence-corrected chi connectivity index (χ1v) is 11.7. The lowest BCUT2D eigenvalue weighted by Gasteiger charge is -2.16. The van der Waals surface area contributed by atoms with E-state index in [4.69, 9.17) is 4.74 Å². The molecule has 0 spiro atoms. The molecule has 0 aliphatic heterocycles. The summed E-state index contributed by atoms with van der Waals surface area (Å²) in [7, 11) is -1.00. The van der Waals surface area contributed by atoms with Gasteiger partial charge in [-0.2, -0.15) is 0 Å². The molecule has 0 unspecified atom stereocenters. The predicted molar refractivity (Wildman–Crippen MR) is 91.4 cm³/mol. The molecular formula is C14H19Br2NOSi. The molecule has 0 fully saturated rings. The van der Waals surface area contributed by atoms with E-state index in [1.165, 1.54) is 16.9 Å². The Bertz CT molecular complexity index is 575. The molecular weight excluding hydrogens is 386 g/mol. The van der Waals surface area contributed by atoms with Crippen LogP contribution in [-0.4, -0.2) is 19.2 Å². The number of aromatic nitrogens is 1. The molecule has 0 aliphatic rings. The maximum Gasteiger partial charge on any atom is 0.122 e. The number of hydrogen-bond acceptors (Lipinski definition) is 1. The third-order valence-corrected chi connectivity index (χ3v) is 5.77. The smallest absolute Gasteiger partial charge is 0.122 e. The minimum atomic E-state index is -1.00. The molecule has 5 heteroatoms. The molecule has 1 aromatic heterocycles. The molecule has 2 rings (SSSR count). The van der Waals surface area contributed by atoms with Gasteiger partial charge in [0.05, 0.1) is 5.52 Å². The molecule has 0 aliphatic carbocycles. The van der Waals surface area contributed by atoms with E-state index in [0.717, 1.165) is 15.6 Å². The van der Waals surface area contributed by atoms with Gasteiger partial charge in [-0.15, -0.1) is 0 Å². The summed E-state index contributed by atoms with van der Waals surface area (Å²) in [6.07, 6.45) is 2.08. The Morgan fingerprint density at radius 2 is 1.95 bits per heavy atom. The highest BCUT2D eigenvalue weighted by Crippen LogP contribution is 2.29. The molecule has 0 atom stereocenters. The first kappa shape index (κ1) is 15.3. The van der Waals surface area contributed by atoms with Crippen molar-refractivity contribution in [1.82, 2.24) is 4.57 Å². The average Bonchev–Trinajstić information content (AvgIpc) is 2.66. The second-order valence-corrected chi connectivity index (χ2v) is 13.4. The summed E-state index contributed by atoms with van der Waals surface area (Å²) in [4.78, 5) is 0. The summed E-state index contributed by atoms with van der Waals surface area (Å²) < 4.78 is 10.1. The first-order valence-electron chi connectivity index (χ1n) is 6.38. The van der Waals surface area contributed by atoms with E-state index in [0.29, 0.717) is 6.73 Å². The number of halogens is 2. The fourth-order valence-corrected chi connectivity index (χ4v) is 4.15. The number of ether oxygens (including phenoxy) is 1. The van der Waals surface area contributed by atoms with E-state index in [-0.39, 0.29) is 0 Å². The monoisotopic (exact) mass is 403 g/mol. The zero-order valence-corrected chi connectivity index (χ0v) is 15.7. The van der Waals surface area contributed by atoms with Crippen molar-refractivity contribution in [3.63, 3.8) is 0 Å². The molecule has 0 bridgehead atoms. The van der Waals surface area contributed by atoms with Crippen molar-refractivity contribution in [2.24, 2.45) is 0 Å². The molecule has 104 valence electrons. The van der Waals surface area contributed by atoms with E-state index in [1.807, 2.05) is 0 Å². The van der Waals surface area contributed by atoms with Crippen LogP contribution >= 0.6 is 31.9 Å². The third kappa shape index (κ3) is 4.18. The molecule has 0 saturated carbocycles. The third-order valence-electron chi connectivity index (χ3n) is 3.01. The van der Waals surface area contributed by atoms with Crippen molar-refractivity contribution in [1.29, 1.82) is 0 Å². The Morgan fingerprint density at radius 1 is 1.21 bits per heavy atom. The second-order valence-electron chi connectivity index (χ2n) is 5.96. The molecule has 0 saturated heterocycles. The second kappa shape index (κ2) is 6.12. The van der Waals surface area contributed by atoms with Crippen molar-refractivity contribution in [2.45, 2.75) is 32.4 Å². The lowest BCUT2D eigenvalue weighted by atomic mass is 10.2. The Hall–Kier alpha value is -0.103. The van der Waals surface area contributed by atoms with Gasteiger partial charge in [-0.1, -0.05) is 35.6 Å². The fraction of sp³-hybridized carbons (Fsp3) is 0.429. The van der Waals surface area contributed by atoms with Gasteiger partial charge >= 0.3 is 0 Å². The molecule has 0 amide bonds. The van der Waals surface area contributed by atoms with Crippen LogP contribution in [0, 0.1) is 0 Å². The van der Waals surface area contributed by atoms with Crippen molar-refractivity contribution in [2.75, 3.05) is 6.61 Å². The quantitative estimate of drug-likeness (QED) is 0.475. The van der Waals surface area contributed by atoms with Crippen LogP contribution in [0.4, 0.5) is 0 Å². The normalized spacial score (nSPS) is 12.3. The van der Waals surface area contributed by atoms with Gasteiger partial charge in [-0.05, 0) is 40.2 Å². The van der Waals surface area contributed by atoms with Crippen molar-refractivity contribution in [3.8, 4) is 0 Å². The predicted octanol–water partition coefficient (Wildman–Crippen LogP) is 5.48. The number of fused-ring (bicyclic) bond motifs is 1. The van der Waals surface area contributed by atoms with Crippen LogP contribution in [0.15, 0.2) is 33.3 Å².